The maximum absolute atomic E-state index is 11.2. The minimum absolute atomic E-state index is 0.128. The monoisotopic (exact) mass is 501 g/mol. The Morgan fingerprint density at radius 1 is 1.20 bits per heavy atom. The molecule has 3 aromatic rings. The third-order valence-electron chi connectivity index (χ3n) is 5.74. The molecule has 0 spiro atoms. The lowest BCUT2D eigenvalue weighted by Gasteiger charge is -2.19. The van der Waals surface area contributed by atoms with E-state index in [0.717, 1.165) is 47.6 Å². The van der Waals surface area contributed by atoms with Crippen LogP contribution >= 0.6 is 11.6 Å². The molecule has 0 amide bonds. The molecule has 188 valence electrons. The van der Waals surface area contributed by atoms with Gasteiger partial charge in [0.05, 0.1) is 30.4 Å². The van der Waals surface area contributed by atoms with Crippen LogP contribution in [-0.2, 0) is 20.8 Å². The van der Waals surface area contributed by atoms with Crippen LogP contribution in [0.3, 0.4) is 0 Å². The van der Waals surface area contributed by atoms with E-state index in [9.17, 15) is 4.79 Å². The van der Waals surface area contributed by atoms with E-state index in [2.05, 4.69) is 9.88 Å². The summed E-state index contributed by atoms with van der Waals surface area (Å²) in [7, 11) is 0. The van der Waals surface area contributed by atoms with Gasteiger partial charge >= 0.3 is 5.97 Å². The molecule has 2 heterocycles. The molecule has 1 N–H and O–H groups in total. The number of imidazole rings is 1. The summed E-state index contributed by atoms with van der Waals surface area (Å²) in [6.07, 6.45) is 2.06. The first kappa shape index (κ1) is 25.1. The molecule has 0 bridgehead atoms. The SMILES string of the molecule is CCOc1ccc(CNc2nc3ccccc3n2[C@H]2CC[C@@H](COC(C)=O)O2)cc1OCCCCl. The quantitative estimate of drug-likeness (QED) is 0.205. The van der Waals surface area contributed by atoms with Gasteiger partial charge in [0.2, 0.25) is 5.95 Å². The van der Waals surface area contributed by atoms with Gasteiger partial charge in [0.1, 0.15) is 12.8 Å². The van der Waals surface area contributed by atoms with E-state index >= 15 is 0 Å². The summed E-state index contributed by atoms with van der Waals surface area (Å²) >= 11 is 5.80. The second-order valence-electron chi connectivity index (χ2n) is 8.35. The number of ether oxygens (including phenoxy) is 4. The van der Waals surface area contributed by atoms with Crippen molar-refractivity contribution in [1.29, 1.82) is 0 Å². The Morgan fingerprint density at radius 2 is 2.06 bits per heavy atom. The van der Waals surface area contributed by atoms with Crippen LogP contribution < -0.4 is 14.8 Å². The van der Waals surface area contributed by atoms with E-state index in [1.54, 1.807) is 0 Å². The van der Waals surface area contributed by atoms with Crippen molar-refractivity contribution >= 4 is 34.6 Å². The summed E-state index contributed by atoms with van der Waals surface area (Å²) in [5.41, 5.74) is 2.91. The first-order valence-electron chi connectivity index (χ1n) is 12.0. The Hall–Kier alpha value is -2.97. The summed E-state index contributed by atoms with van der Waals surface area (Å²) in [6, 6.07) is 13.9. The van der Waals surface area contributed by atoms with E-state index < -0.39 is 0 Å². The Balaban J connectivity index is 1.52. The van der Waals surface area contributed by atoms with Gasteiger partial charge < -0.3 is 24.3 Å². The zero-order valence-electron chi connectivity index (χ0n) is 20.2. The summed E-state index contributed by atoms with van der Waals surface area (Å²) in [4.78, 5) is 16.0. The first-order chi connectivity index (χ1) is 17.1. The molecule has 35 heavy (non-hydrogen) atoms. The van der Waals surface area contributed by atoms with Crippen LogP contribution in [0.4, 0.5) is 5.95 Å². The van der Waals surface area contributed by atoms with Crippen molar-refractivity contribution in [1.82, 2.24) is 9.55 Å². The molecule has 1 aromatic heterocycles. The molecule has 8 nitrogen and oxygen atoms in total. The van der Waals surface area contributed by atoms with Gasteiger partial charge in [-0.05, 0) is 56.0 Å². The summed E-state index contributed by atoms with van der Waals surface area (Å²) in [5.74, 6) is 2.40. The molecule has 4 rings (SSSR count). The van der Waals surface area contributed by atoms with Crippen LogP contribution in [-0.4, -0.2) is 47.3 Å². The molecule has 1 aliphatic rings. The number of para-hydroxylation sites is 2. The number of hydrogen-bond acceptors (Lipinski definition) is 7. The third kappa shape index (κ3) is 6.38. The van der Waals surface area contributed by atoms with Crippen molar-refractivity contribution in [3.63, 3.8) is 0 Å². The molecule has 0 saturated carbocycles. The van der Waals surface area contributed by atoms with Crippen LogP contribution in [0.2, 0.25) is 0 Å². The number of nitrogens with one attached hydrogen (secondary N) is 1. The van der Waals surface area contributed by atoms with Crippen molar-refractivity contribution in [2.24, 2.45) is 0 Å². The summed E-state index contributed by atoms with van der Waals surface area (Å²) in [6.45, 7) is 5.26. The lowest BCUT2D eigenvalue weighted by atomic mass is 10.2. The van der Waals surface area contributed by atoms with Crippen LogP contribution in [0.5, 0.6) is 11.5 Å². The predicted octanol–water partition coefficient (Wildman–Crippen LogP) is 5.30. The summed E-state index contributed by atoms with van der Waals surface area (Å²) in [5, 5.41) is 3.48. The number of aromatic nitrogens is 2. The maximum Gasteiger partial charge on any atom is 0.302 e. The van der Waals surface area contributed by atoms with E-state index in [0.29, 0.717) is 31.4 Å². The van der Waals surface area contributed by atoms with Gasteiger partial charge in [0.25, 0.3) is 0 Å². The van der Waals surface area contributed by atoms with Gasteiger partial charge in [-0.3, -0.25) is 9.36 Å². The number of halogens is 1. The van der Waals surface area contributed by atoms with Crippen molar-refractivity contribution in [3.05, 3.63) is 48.0 Å². The van der Waals surface area contributed by atoms with Gasteiger partial charge in [-0.25, -0.2) is 4.98 Å². The number of fused-ring (bicyclic) bond motifs is 1. The van der Waals surface area contributed by atoms with Crippen molar-refractivity contribution in [2.45, 2.75) is 52.0 Å². The number of alkyl halides is 1. The molecular weight excluding hydrogens is 470 g/mol. The number of carbonyl (C=O) groups is 1. The highest BCUT2D eigenvalue weighted by molar-refractivity contribution is 6.17. The lowest BCUT2D eigenvalue weighted by molar-refractivity contribution is -0.145. The lowest BCUT2D eigenvalue weighted by Crippen LogP contribution is -2.19. The topological polar surface area (TPSA) is 83.8 Å². The van der Waals surface area contributed by atoms with E-state index in [1.807, 2.05) is 49.4 Å². The molecule has 0 unspecified atom stereocenters. The standard InChI is InChI=1S/C26H32ClN3O5/c1-3-32-23-11-9-19(15-24(23)33-14-6-13-27)16-28-26-29-21-7-4-5-8-22(21)30(26)25-12-10-20(35-25)17-34-18(2)31/h4-5,7-9,11,15,20,25H,3,6,10,12-14,16-17H2,1-2H3,(H,28,29)/t20-,25+/m0/s1. The Bertz CT molecular complexity index is 1140. The minimum Gasteiger partial charge on any atom is -0.490 e. The average Bonchev–Trinajstić information content (AvgIpc) is 3.47. The molecule has 1 aliphatic heterocycles. The van der Waals surface area contributed by atoms with Crippen LogP contribution in [0, 0.1) is 0 Å². The highest BCUT2D eigenvalue weighted by Crippen LogP contribution is 2.35. The zero-order valence-corrected chi connectivity index (χ0v) is 20.9. The highest BCUT2D eigenvalue weighted by Gasteiger charge is 2.30. The van der Waals surface area contributed by atoms with Gasteiger partial charge in [0.15, 0.2) is 11.5 Å². The second kappa shape index (κ2) is 12.1. The smallest absolute Gasteiger partial charge is 0.302 e. The Labute approximate surface area is 210 Å². The van der Waals surface area contributed by atoms with Crippen molar-refractivity contribution in [3.8, 4) is 11.5 Å². The number of anilines is 1. The number of carbonyl (C=O) groups excluding carboxylic acids is 1. The third-order valence-corrected chi connectivity index (χ3v) is 6.00. The van der Waals surface area contributed by atoms with E-state index in [-0.39, 0.29) is 24.9 Å². The van der Waals surface area contributed by atoms with Crippen molar-refractivity contribution < 1.29 is 23.7 Å². The second-order valence-corrected chi connectivity index (χ2v) is 8.72. The van der Waals surface area contributed by atoms with Gasteiger partial charge in [0, 0.05) is 19.3 Å². The molecule has 0 radical (unpaired) electrons. The fourth-order valence-electron chi connectivity index (χ4n) is 4.14. The largest absolute Gasteiger partial charge is 0.490 e. The van der Waals surface area contributed by atoms with Gasteiger partial charge in [-0.1, -0.05) is 18.2 Å². The van der Waals surface area contributed by atoms with E-state index in [4.69, 9.17) is 35.5 Å². The van der Waals surface area contributed by atoms with Gasteiger partial charge in [-0.15, -0.1) is 11.6 Å². The normalized spacial score (nSPS) is 17.5. The molecule has 2 aromatic carbocycles. The van der Waals surface area contributed by atoms with Crippen LogP contribution in [0.25, 0.3) is 11.0 Å². The van der Waals surface area contributed by atoms with Gasteiger partial charge in [-0.2, -0.15) is 0 Å². The molecule has 2 atom stereocenters. The molecule has 9 heteroatoms. The number of benzene rings is 2. The zero-order chi connectivity index (χ0) is 24.6. The van der Waals surface area contributed by atoms with Crippen LogP contribution in [0.1, 0.15) is 44.9 Å². The van der Waals surface area contributed by atoms with Crippen molar-refractivity contribution in [2.75, 3.05) is 31.0 Å². The van der Waals surface area contributed by atoms with E-state index in [1.165, 1.54) is 6.92 Å². The summed E-state index contributed by atoms with van der Waals surface area (Å²) < 4.78 is 25.1. The highest BCUT2D eigenvalue weighted by atomic mass is 35.5. The Morgan fingerprint density at radius 3 is 2.86 bits per heavy atom. The minimum atomic E-state index is -0.297. The average molecular weight is 502 g/mol. The first-order valence-corrected chi connectivity index (χ1v) is 12.6. The van der Waals surface area contributed by atoms with Crippen LogP contribution in [0.15, 0.2) is 42.5 Å². The molecular formula is C26H32ClN3O5. The fraction of sp³-hybridized carbons (Fsp3) is 0.462. The number of esters is 1. The predicted molar refractivity (Wildman–Crippen MR) is 135 cm³/mol. The number of rotatable bonds is 12. The molecule has 1 fully saturated rings. The molecule has 1 saturated heterocycles. The number of nitrogens with zero attached hydrogens (tertiary/aromatic N) is 2. The Kier molecular flexibility index (Phi) is 8.71. The maximum atomic E-state index is 11.2. The fourth-order valence-corrected chi connectivity index (χ4v) is 4.25. The number of hydrogen-bond donors (Lipinski definition) is 1. The molecule has 0 aliphatic carbocycles.